The summed E-state index contributed by atoms with van der Waals surface area (Å²) in [6.07, 6.45) is 0.941. The van der Waals surface area contributed by atoms with Crippen molar-refractivity contribution in [2.45, 2.75) is 23.5 Å². The molecule has 0 aromatic carbocycles. The van der Waals surface area contributed by atoms with Gasteiger partial charge in [-0.25, -0.2) is 0 Å². The highest BCUT2D eigenvalue weighted by atomic mass is 35.5. The molecule has 1 saturated heterocycles. The monoisotopic (exact) mass is 247 g/mol. The van der Waals surface area contributed by atoms with Gasteiger partial charge in [-0.1, -0.05) is 0 Å². The van der Waals surface area contributed by atoms with E-state index >= 15 is 0 Å². The Hall–Kier alpha value is -0.160. The molecule has 0 saturated carbocycles. The zero-order chi connectivity index (χ0) is 10.7. The van der Waals surface area contributed by atoms with Crippen LogP contribution in [0.1, 0.15) is 12.2 Å². The van der Waals surface area contributed by atoms with Gasteiger partial charge in [-0.2, -0.15) is 0 Å². The van der Waals surface area contributed by atoms with E-state index in [9.17, 15) is 0 Å². The quantitative estimate of drug-likeness (QED) is 0.890. The first kappa shape index (κ1) is 11.3. The maximum absolute atomic E-state index is 5.99. The zero-order valence-corrected chi connectivity index (χ0v) is 9.89. The van der Waals surface area contributed by atoms with Crippen LogP contribution in [0.15, 0.2) is 16.5 Å². The van der Waals surface area contributed by atoms with Gasteiger partial charge in [0.25, 0.3) is 0 Å². The van der Waals surface area contributed by atoms with Crippen LogP contribution in [-0.2, 0) is 10.5 Å². The summed E-state index contributed by atoms with van der Waals surface area (Å²) < 4.78 is 10.7. The fraction of sp³-hybridized carbons (Fsp3) is 0.600. The lowest BCUT2D eigenvalue weighted by Crippen LogP contribution is -2.40. The third kappa shape index (κ3) is 3.14. The fourth-order valence-electron chi connectivity index (χ4n) is 1.52. The molecule has 0 bridgehead atoms. The number of nitrogens with two attached hydrogens (primary N) is 1. The molecule has 1 aliphatic rings. The van der Waals surface area contributed by atoms with Gasteiger partial charge in [0.1, 0.15) is 5.76 Å². The molecule has 2 N–H and O–H groups in total. The largest absolute Gasteiger partial charge is 0.449 e. The predicted octanol–water partition coefficient (Wildman–Crippen LogP) is 2.28. The minimum atomic E-state index is 0.231. The number of halogens is 1. The van der Waals surface area contributed by atoms with Crippen molar-refractivity contribution in [1.29, 1.82) is 0 Å². The highest BCUT2D eigenvalue weighted by molar-refractivity contribution is 7.99. The van der Waals surface area contributed by atoms with Crippen molar-refractivity contribution < 1.29 is 9.15 Å². The normalized spacial score (nSPS) is 26.8. The summed E-state index contributed by atoms with van der Waals surface area (Å²) >= 11 is 7.45. The Morgan fingerprint density at radius 1 is 1.53 bits per heavy atom. The molecule has 0 spiro atoms. The average Bonchev–Trinajstić information content (AvgIpc) is 2.63. The third-order valence-corrected chi connectivity index (χ3v) is 3.99. The third-order valence-electron chi connectivity index (χ3n) is 2.42. The van der Waals surface area contributed by atoms with E-state index in [2.05, 4.69) is 0 Å². The molecular formula is C10H14ClNO2S. The summed E-state index contributed by atoms with van der Waals surface area (Å²) in [4.78, 5) is 0. The molecule has 1 aromatic rings. The molecule has 2 unspecified atom stereocenters. The molecule has 2 heterocycles. The summed E-state index contributed by atoms with van der Waals surface area (Å²) in [6.45, 7) is 1.52. The molecule has 0 aliphatic carbocycles. The van der Waals surface area contributed by atoms with Crippen LogP contribution < -0.4 is 5.73 Å². The minimum absolute atomic E-state index is 0.231. The van der Waals surface area contributed by atoms with Crippen LogP contribution >= 0.6 is 23.4 Å². The van der Waals surface area contributed by atoms with E-state index < -0.39 is 0 Å². The van der Waals surface area contributed by atoms with Gasteiger partial charge in [-0.15, -0.1) is 11.8 Å². The Morgan fingerprint density at radius 2 is 2.40 bits per heavy atom. The number of thioether (sulfide) groups is 1. The lowest BCUT2D eigenvalue weighted by molar-refractivity contribution is 0.0915. The van der Waals surface area contributed by atoms with E-state index in [4.69, 9.17) is 26.5 Å². The van der Waals surface area contributed by atoms with Crippen LogP contribution in [0.2, 0.25) is 5.22 Å². The Bertz CT molecular complexity index is 318. The maximum Gasteiger partial charge on any atom is 0.193 e. The van der Waals surface area contributed by atoms with Crippen LogP contribution in [0.3, 0.4) is 0 Å². The van der Waals surface area contributed by atoms with E-state index in [-0.39, 0.29) is 6.04 Å². The van der Waals surface area contributed by atoms with Gasteiger partial charge in [0.15, 0.2) is 5.22 Å². The topological polar surface area (TPSA) is 48.4 Å². The Labute approximate surface area is 98.3 Å². The van der Waals surface area contributed by atoms with Gasteiger partial charge in [0, 0.05) is 17.9 Å². The van der Waals surface area contributed by atoms with Crippen molar-refractivity contribution in [1.82, 2.24) is 0 Å². The maximum atomic E-state index is 5.99. The summed E-state index contributed by atoms with van der Waals surface area (Å²) in [5, 5.41) is 0.803. The van der Waals surface area contributed by atoms with E-state index in [1.54, 1.807) is 17.8 Å². The van der Waals surface area contributed by atoms with Crippen LogP contribution in [0.25, 0.3) is 0 Å². The lowest BCUT2D eigenvalue weighted by atomic mass is 10.1. The van der Waals surface area contributed by atoms with Crippen molar-refractivity contribution >= 4 is 23.4 Å². The van der Waals surface area contributed by atoms with Crippen molar-refractivity contribution in [3.05, 3.63) is 23.1 Å². The molecule has 0 amide bonds. The van der Waals surface area contributed by atoms with Gasteiger partial charge < -0.3 is 14.9 Å². The van der Waals surface area contributed by atoms with Gasteiger partial charge in [-0.3, -0.25) is 0 Å². The predicted molar refractivity (Wildman–Crippen MR) is 62.2 cm³/mol. The van der Waals surface area contributed by atoms with E-state index in [1.807, 2.05) is 6.07 Å². The Morgan fingerprint density at radius 3 is 3.07 bits per heavy atom. The van der Waals surface area contributed by atoms with Crippen LogP contribution in [0.5, 0.6) is 0 Å². The van der Waals surface area contributed by atoms with Crippen LogP contribution in [0.4, 0.5) is 0 Å². The van der Waals surface area contributed by atoms with Crippen molar-refractivity contribution in [2.75, 3.05) is 13.2 Å². The van der Waals surface area contributed by atoms with Gasteiger partial charge in [-0.05, 0) is 30.2 Å². The number of furan rings is 1. The van der Waals surface area contributed by atoms with Gasteiger partial charge in [0.05, 0.1) is 12.4 Å². The summed E-state index contributed by atoms with van der Waals surface area (Å²) in [5.41, 5.74) is 5.99. The molecule has 1 fully saturated rings. The number of rotatable bonds is 3. The fourth-order valence-corrected chi connectivity index (χ4v) is 2.79. The molecule has 1 aromatic heterocycles. The molecule has 3 nitrogen and oxygen atoms in total. The van der Waals surface area contributed by atoms with E-state index in [0.717, 1.165) is 31.1 Å². The minimum Gasteiger partial charge on any atom is -0.449 e. The highest BCUT2D eigenvalue weighted by Crippen LogP contribution is 2.25. The van der Waals surface area contributed by atoms with Crippen molar-refractivity contribution in [3.63, 3.8) is 0 Å². The van der Waals surface area contributed by atoms with Crippen molar-refractivity contribution in [2.24, 2.45) is 5.73 Å². The molecule has 1 aliphatic heterocycles. The molecule has 15 heavy (non-hydrogen) atoms. The second-order valence-corrected chi connectivity index (χ2v) is 5.18. The van der Waals surface area contributed by atoms with Crippen molar-refractivity contribution in [3.8, 4) is 0 Å². The van der Waals surface area contributed by atoms with Crippen LogP contribution in [-0.4, -0.2) is 24.5 Å². The standard InChI is InChI=1S/C10H14ClNO2S/c11-10-2-1-7(14-10)6-15-9-5-13-4-3-8(9)12/h1-2,8-9H,3-6,12H2. The Kier molecular flexibility index (Phi) is 3.97. The highest BCUT2D eigenvalue weighted by Gasteiger charge is 2.22. The second-order valence-electron chi connectivity index (χ2n) is 3.58. The van der Waals surface area contributed by atoms with Gasteiger partial charge in [0.2, 0.25) is 0 Å². The van der Waals surface area contributed by atoms with Gasteiger partial charge >= 0.3 is 0 Å². The van der Waals surface area contributed by atoms with E-state index in [0.29, 0.717) is 10.5 Å². The molecule has 84 valence electrons. The Balaban J connectivity index is 1.81. The summed E-state index contributed by atoms with van der Waals surface area (Å²) in [6, 6.07) is 3.88. The molecule has 2 atom stereocenters. The molecule has 5 heteroatoms. The number of hydrogen-bond acceptors (Lipinski definition) is 4. The molecule has 0 radical (unpaired) electrons. The van der Waals surface area contributed by atoms with Crippen LogP contribution in [0, 0.1) is 0 Å². The van der Waals surface area contributed by atoms with E-state index in [1.165, 1.54) is 0 Å². The summed E-state index contributed by atoms with van der Waals surface area (Å²) in [5.74, 6) is 1.69. The lowest BCUT2D eigenvalue weighted by Gasteiger charge is -2.27. The number of ether oxygens (including phenoxy) is 1. The molecular weight excluding hydrogens is 234 g/mol. The first-order valence-corrected chi connectivity index (χ1v) is 6.37. The average molecular weight is 248 g/mol. The zero-order valence-electron chi connectivity index (χ0n) is 8.32. The smallest absolute Gasteiger partial charge is 0.193 e. The first-order chi connectivity index (χ1) is 7.25. The number of hydrogen-bond donors (Lipinski definition) is 1. The SMILES string of the molecule is NC1CCOCC1SCc1ccc(Cl)o1. The first-order valence-electron chi connectivity index (χ1n) is 4.95. The molecule has 2 rings (SSSR count). The summed E-state index contributed by atoms with van der Waals surface area (Å²) in [7, 11) is 0. The second kappa shape index (κ2) is 5.25.